The summed E-state index contributed by atoms with van der Waals surface area (Å²) in [7, 11) is 4.10. The molecule has 4 amide bonds. The lowest BCUT2D eigenvalue weighted by Crippen LogP contribution is -2.38. The summed E-state index contributed by atoms with van der Waals surface area (Å²) in [6, 6.07) is 27.8. The van der Waals surface area contributed by atoms with Gasteiger partial charge >= 0.3 is 12.1 Å². The van der Waals surface area contributed by atoms with Crippen molar-refractivity contribution in [3.05, 3.63) is 96.3 Å². The molecule has 0 bridgehead atoms. The minimum atomic E-state index is -0.329. The molecule has 0 unspecified atom stereocenters. The number of para-hydroxylation sites is 2. The van der Waals surface area contributed by atoms with Crippen molar-refractivity contribution in [2.24, 2.45) is 14.1 Å². The number of aryl methyl sites for hydroxylation is 4. The maximum Gasteiger partial charge on any atom is 0.319 e. The van der Waals surface area contributed by atoms with E-state index in [-0.39, 0.29) is 25.2 Å². The molecule has 4 aromatic carbocycles. The van der Waals surface area contributed by atoms with Crippen LogP contribution < -0.4 is 30.4 Å². The first-order chi connectivity index (χ1) is 20.3. The maximum atomic E-state index is 12.6. The largest absolute Gasteiger partial charge is 0.336 e. The molecule has 0 atom stereocenters. The van der Waals surface area contributed by atoms with E-state index in [1.54, 1.807) is 0 Å². The number of aromatic nitrogens is 2. The molecule has 42 heavy (non-hydrogen) atoms. The Morgan fingerprint density at radius 1 is 0.548 bits per heavy atom. The molecular formula is C34H34N6O2+2. The summed E-state index contributed by atoms with van der Waals surface area (Å²) in [5.41, 5.74) is 5.97. The van der Waals surface area contributed by atoms with Crippen molar-refractivity contribution >= 4 is 66.8 Å². The SMILES string of the molecule is Cc1c2cc(NC(=O)NCCNC(=O)Nc3ccc4c(c3)c(C)[n+](C)c3ccccc43)ccc2c2ccccc2[n+]1C. The van der Waals surface area contributed by atoms with Gasteiger partial charge in [-0.2, -0.15) is 9.13 Å². The molecule has 210 valence electrons. The van der Waals surface area contributed by atoms with Crippen LogP contribution in [0.1, 0.15) is 11.4 Å². The molecule has 0 radical (unpaired) electrons. The second kappa shape index (κ2) is 11.0. The van der Waals surface area contributed by atoms with E-state index < -0.39 is 0 Å². The average molecular weight is 559 g/mol. The van der Waals surface area contributed by atoms with Gasteiger partial charge in [-0.25, -0.2) is 9.59 Å². The number of carbonyl (C=O) groups is 2. The first kappa shape index (κ1) is 27.0. The lowest BCUT2D eigenvalue weighted by molar-refractivity contribution is -0.650. The quantitative estimate of drug-likeness (QED) is 0.128. The Labute approximate surface area is 244 Å². The van der Waals surface area contributed by atoms with E-state index in [0.717, 1.165) is 44.0 Å². The minimum absolute atomic E-state index is 0.282. The van der Waals surface area contributed by atoms with Gasteiger partial charge in [-0.3, -0.25) is 0 Å². The van der Waals surface area contributed by atoms with E-state index in [2.05, 4.69) is 82.6 Å². The Bertz CT molecular complexity index is 1890. The number of hydrogen-bond acceptors (Lipinski definition) is 2. The molecule has 6 aromatic rings. The average Bonchev–Trinajstić information content (AvgIpc) is 3.01. The zero-order valence-electron chi connectivity index (χ0n) is 24.2. The Morgan fingerprint density at radius 2 is 0.952 bits per heavy atom. The van der Waals surface area contributed by atoms with Crippen molar-refractivity contribution in [1.29, 1.82) is 0 Å². The van der Waals surface area contributed by atoms with Gasteiger partial charge in [0.15, 0.2) is 11.4 Å². The number of fused-ring (bicyclic) bond motifs is 6. The Morgan fingerprint density at radius 3 is 1.38 bits per heavy atom. The van der Waals surface area contributed by atoms with E-state index in [1.165, 1.54) is 10.8 Å². The third kappa shape index (κ3) is 4.92. The van der Waals surface area contributed by atoms with E-state index >= 15 is 0 Å². The molecule has 8 heteroatoms. The van der Waals surface area contributed by atoms with Crippen molar-refractivity contribution in [2.75, 3.05) is 23.7 Å². The van der Waals surface area contributed by atoms with Crippen LogP contribution in [0.5, 0.6) is 0 Å². The van der Waals surface area contributed by atoms with Crippen LogP contribution in [0.15, 0.2) is 84.9 Å². The van der Waals surface area contributed by atoms with Gasteiger partial charge in [0.2, 0.25) is 11.0 Å². The van der Waals surface area contributed by atoms with Crippen LogP contribution in [0.4, 0.5) is 21.0 Å². The highest BCUT2D eigenvalue weighted by molar-refractivity contribution is 6.07. The van der Waals surface area contributed by atoms with Gasteiger partial charge in [0.25, 0.3) is 0 Å². The number of urea groups is 2. The molecule has 2 heterocycles. The molecule has 0 aliphatic heterocycles. The molecule has 4 N–H and O–H groups in total. The number of amides is 4. The summed E-state index contributed by atoms with van der Waals surface area (Å²) < 4.78 is 4.33. The van der Waals surface area contributed by atoms with Gasteiger partial charge in [0.1, 0.15) is 14.1 Å². The first-order valence-electron chi connectivity index (χ1n) is 14.0. The van der Waals surface area contributed by atoms with E-state index in [9.17, 15) is 9.59 Å². The summed E-state index contributed by atoms with van der Waals surface area (Å²) in [5.74, 6) is 0. The monoisotopic (exact) mass is 558 g/mol. The number of carbonyl (C=O) groups excluding carboxylic acids is 2. The molecule has 0 aliphatic rings. The second-order valence-corrected chi connectivity index (χ2v) is 10.6. The molecule has 8 nitrogen and oxygen atoms in total. The fourth-order valence-corrected chi connectivity index (χ4v) is 5.73. The minimum Gasteiger partial charge on any atom is -0.336 e. The molecule has 0 saturated heterocycles. The van der Waals surface area contributed by atoms with Crippen LogP contribution in [0, 0.1) is 13.8 Å². The lowest BCUT2D eigenvalue weighted by atomic mass is 10.0. The Hall–Kier alpha value is -5.24. The topological polar surface area (TPSA) is 90.0 Å². The van der Waals surface area contributed by atoms with Gasteiger partial charge < -0.3 is 21.3 Å². The van der Waals surface area contributed by atoms with Gasteiger partial charge in [-0.1, -0.05) is 36.4 Å². The van der Waals surface area contributed by atoms with Crippen LogP contribution in [0.25, 0.3) is 43.4 Å². The molecular weight excluding hydrogens is 524 g/mol. The van der Waals surface area contributed by atoms with Crippen molar-refractivity contribution in [1.82, 2.24) is 10.6 Å². The summed E-state index contributed by atoms with van der Waals surface area (Å²) >= 11 is 0. The highest BCUT2D eigenvalue weighted by Crippen LogP contribution is 2.28. The zero-order chi connectivity index (χ0) is 29.4. The maximum absolute atomic E-state index is 12.6. The molecule has 0 aliphatic carbocycles. The molecule has 6 rings (SSSR count). The number of rotatable bonds is 5. The van der Waals surface area contributed by atoms with Crippen molar-refractivity contribution < 1.29 is 18.7 Å². The van der Waals surface area contributed by atoms with Crippen LogP contribution >= 0.6 is 0 Å². The van der Waals surface area contributed by atoms with E-state index in [1.807, 2.05) is 60.7 Å². The normalized spacial score (nSPS) is 11.2. The Balaban J connectivity index is 1.05. The summed E-state index contributed by atoms with van der Waals surface area (Å²) in [6.45, 7) is 4.72. The fourth-order valence-electron chi connectivity index (χ4n) is 5.73. The van der Waals surface area contributed by atoms with Crippen molar-refractivity contribution in [2.45, 2.75) is 13.8 Å². The summed E-state index contributed by atoms with van der Waals surface area (Å²) in [6.07, 6.45) is 0. The Kier molecular flexibility index (Phi) is 7.04. The van der Waals surface area contributed by atoms with Crippen LogP contribution in [-0.4, -0.2) is 25.2 Å². The highest BCUT2D eigenvalue weighted by Gasteiger charge is 2.17. The predicted molar refractivity (Wildman–Crippen MR) is 169 cm³/mol. The number of anilines is 2. The van der Waals surface area contributed by atoms with Crippen molar-refractivity contribution in [3.63, 3.8) is 0 Å². The second-order valence-electron chi connectivity index (χ2n) is 10.6. The molecule has 0 fully saturated rings. The van der Waals surface area contributed by atoms with Gasteiger partial charge in [-0.05, 0) is 36.4 Å². The summed E-state index contributed by atoms with van der Waals surface area (Å²) in [5, 5.41) is 18.2. The first-order valence-corrected chi connectivity index (χ1v) is 14.0. The van der Waals surface area contributed by atoms with E-state index in [0.29, 0.717) is 11.4 Å². The predicted octanol–water partition coefficient (Wildman–Crippen LogP) is 5.51. The van der Waals surface area contributed by atoms with Crippen molar-refractivity contribution in [3.8, 4) is 0 Å². The smallest absolute Gasteiger partial charge is 0.319 e. The third-order valence-electron chi connectivity index (χ3n) is 8.15. The van der Waals surface area contributed by atoms with Crippen LogP contribution in [0.2, 0.25) is 0 Å². The lowest BCUT2D eigenvalue weighted by Gasteiger charge is -2.12. The third-order valence-corrected chi connectivity index (χ3v) is 8.15. The van der Waals surface area contributed by atoms with E-state index in [4.69, 9.17) is 0 Å². The fraction of sp³-hybridized carbons (Fsp3) is 0.176. The molecule has 0 spiro atoms. The number of benzene rings is 4. The van der Waals surface area contributed by atoms with Crippen LogP contribution in [0.3, 0.4) is 0 Å². The number of hydrogen-bond donors (Lipinski definition) is 4. The van der Waals surface area contributed by atoms with Gasteiger partial charge in [0, 0.05) is 61.2 Å². The summed E-state index contributed by atoms with van der Waals surface area (Å²) in [4.78, 5) is 25.1. The number of pyridine rings is 2. The molecule has 0 saturated carbocycles. The zero-order valence-corrected chi connectivity index (χ0v) is 24.2. The number of nitrogens with zero attached hydrogens (tertiary/aromatic N) is 2. The molecule has 2 aromatic heterocycles. The van der Waals surface area contributed by atoms with Crippen LogP contribution in [-0.2, 0) is 14.1 Å². The highest BCUT2D eigenvalue weighted by atomic mass is 16.2. The van der Waals surface area contributed by atoms with Gasteiger partial charge in [-0.15, -0.1) is 0 Å². The standard InChI is InChI=1S/C34H32N6O2/c1-21-29-19-23(13-15-25(29)27-9-5-7-11-31(27)39(21)3)37-33(41)35-17-18-36-34(42)38-24-14-16-26-28-10-6-8-12-32(28)40(4)22(2)30(26)20-24/h5-16,19-20H,17-18H2,1-4H3,(H2-2,35,36,37,38,41,42)/p+2. The van der Waals surface area contributed by atoms with Gasteiger partial charge in [0.05, 0.1) is 21.5 Å². The number of nitrogens with one attached hydrogen (secondary N) is 4.